The highest BCUT2D eigenvalue weighted by Crippen LogP contribution is 2.09. The van der Waals surface area contributed by atoms with Gasteiger partial charge in [0.15, 0.2) is 5.96 Å². The Labute approximate surface area is 124 Å². The summed E-state index contributed by atoms with van der Waals surface area (Å²) in [4.78, 5) is 10.9. The van der Waals surface area contributed by atoms with Crippen molar-refractivity contribution in [2.75, 3.05) is 32.6 Å². The first-order valence-corrected chi connectivity index (χ1v) is 8.76. The number of hydrogen-bond acceptors (Lipinski definition) is 4. The largest absolute Gasteiger partial charge is 0.356 e. The van der Waals surface area contributed by atoms with Crippen molar-refractivity contribution in [1.29, 1.82) is 0 Å². The summed E-state index contributed by atoms with van der Waals surface area (Å²) in [6.45, 7) is 3.81. The highest BCUT2D eigenvalue weighted by Gasteiger charge is 2.07. The third kappa shape index (κ3) is 6.29. The smallest absolute Gasteiger partial charge is 0.193 e. The number of guanidine groups is 1. The first-order valence-electron chi connectivity index (χ1n) is 6.49. The Morgan fingerprint density at radius 3 is 2.89 bits per heavy atom. The number of nitrogens with zero attached hydrogens (tertiary/aromatic N) is 3. The van der Waals surface area contributed by atoms with Gasteiger partial charge in [0.1, 0.15) is 0 Å². The molecule has 0 saturated carbocycles. The number of aromatic nitrogens is 1. The lowest BCUT2D eigenvalue weighted by Gasteiger charge is -2.21. The standard InChI is InChI=1S/C13H24N4S2/c1-11-16-12(10-19-11)9-17(3)13(14-2)15-7-5-6-8-18-4/h10H,5-9H2,1-4H3,(H,14,15). The van der Waals surface area contributed by atoms with E-state index in [4.69, 9.17) is 0 Å². The number of hydrogen-bond donors (Lipinski definition) is 1. The first-order chi connectivity index (χ1) is 9.17. The fourth-order valence-corrected chi connectivity index (χ4v) is 2.85. The van der Waals surface area contributed by atoms with E-state index in [9.17, 15) is 0 Å². The Bertz CT molecular complexity index is 390. The molecule has 0 saturated heterocycles. The number of thioether (sulfide) groups is 1. The van der Waals surface area contributed by atoms with Gasteiger partial charge in [0, 0.05) is 26.0 Å². The Balaban J connectivity index is 2.33. The summed E-state index contributed by atoms with van der Waals surface area (Å²) >= 11 is 3.59. The molecule has 0 atom stereocenters. The average Bonchev–Trinajstić information content (AvgIpc) is 2.79. The van der Waals surface area contributed by atoms with Gasteiger partial charge in [-0.3, -0.25) is 4.99 Å². The minimum Gasteiger partial charge on any atom is -0.356 e. The van der Waals surface area contributed by atoms with Crippen molar-refractivity contribution in [3.05, 3.63) is 16.1 Å². The van der Waals surface area contributed by atoms with Crippen LogP contribution in [0.2, 0.25) is 0 Å². The summed E-state index contributed by atoms with van der Waals surface area (Å²) in [5.41, 5.74) is 1.11. The molecule has 1 N–H and O–H groups in total. The van der Waals surface area contributed by atoms with Crippen molar-refractivity contribution >= 4 is 29.1 Å². The van der Waals surface area contributed by atoms with Gasteiger partial charge in [-0.05, 0) is 31.8 Å². The minimum absolute atomic E-state index is 0.800. The molecule has 0 bridgehead atoms. The van der Waals surface area contributed by atoms with E-state index in [1.807, 2.05) is 32.8 Å². The Hall–Kier alpha value is -0.750. The van der Waals surface area contributed by atoms with Gasteiger partial charge < -0.3 is 10.2 Å². The lowest BCUT2D eigenvalue weighted by atomic mass is 10.3. The molecular formula is C13H24N4S2. The monoisotopic (exact) mass is 300 g/mol. The van der Waals surface area contributed by atoms with E-state index in [0.29, 0.717) is 0 Å². The van der Waals surface area contributed by atoms with Gasteiger partial charge >= 0.3 is 0 Å². The number of nitrogens with one attached hydrogen (secondary N) is 1. The van der Waals surface area contributed by atoms with Gasteiger partial charge in [-0.25, -0.2) is 4.98 Å². The molecule has 1 heterocycles. The summed E-state index contributed by atoms with van der Waals surface area (Å²) < 4.78 is 0. The lowest BCUT2D eigenvalue weighted by molar-refractivity contribution is 0.469. The molecule has 0 amide bonds. The van der Waals surface area contributed by atoms with Crippen LogP contribution in [-0.2, 0) is 6.54 Å². The predicted octanol–water partition coefficient (Wildman–Crippen LogP) is 2.60. The number of aryl methyl sites for hydroxylation is 1. The maximum atomic E-state index is 4.48. The maximum absolute atomic E-state index is 4.48. The van der Waals surface area contributed by atoms with Gasteiger partial charge in [0.25, 0.3) is 0 Å². The zero-order chi connectivity index (χ0) is 14.1. The molecule has 108 valence electrons. The van der Waals surface area contributed by atoms with Crippen LogP contribution in [0.1, 0.15) is 23.5 Å². The van der Waals surface area contributed by atoms with E-state index in [-0.39, 0.29) is 0 Å². The lowest BCUT2D eigenvalue weighted by Crippen LogP contribution is -2.39. The second kappa shape index (κ2) is 9.20. The van der Waals surface area contributed by atoms with Crippen molar-refractivity contribution in [2.45, 2.75) is 26.3 Å². The molecule has 0 radical (unpaired) electrons. The average molecular weight is 300 g/mol. The maximum Gasteiger partial charge on any atom is 0.193 e. The second-order valence-corrected chi connectivity index (χ2v) is 6.44. The van der Waals surface area contributed by atoms with Crippen LogP contribution in [0.25, 0.3) is 0 Å². The van der Waals surface area contributed by atoms with Crippen molar-refractivity contribution in [2.24, 2.45) is 4.99 Å². The molecular weight excluding hydrogens is 276 g/mol. The molecule has 0 unspecified atom stereocenters. The summed E-state index contributed by atoms with van der Waals surface area (Å²) in [5.74, 6) is 2.17. The van der Waals surface area contributed by atoms with Crippen LogP contribution >= 0.6 is 23.1 Å². The Morgan fingerprint density at radius 2 is 2.32 bits per heavy atom. The normalized spacial score (nSPS) is 11.7. The predicted molar refractivity (Wildman–Crippen MR) is 87.3 cm³/mol. The second-order valence-electron chi connectivity index (χ2n) is 4.39. The van der Waals surface area contributed by atoms with Gasteiger partial charge in [-0.15, -0.1) is 11.3 Å². The van der Waals surface area contributed by atoms with Gasteiger partial charge in [0.2, 0.25) is 0 Å². The molecule has 0 aliphatic heterocycles. The number of aliphatic imine (C=N–C) groups is 1. The van der Waals surface area contributed by atoms with Crippen LogP contribution in [0.3, 0.4) is 0 Å². The van der Waals surface area contributed by atoms with Crippen molar-refractivity contribution < 1.29 is 0 Å². The van der Waals surface area contributed by atoms with Crippen molar-refractivity contribution in [3.63, 3.8) is 0 Å². The molecule has 19 heavy (non-hydrogen) atoms. The van der Waals surface area contributed by atoms with Crippen LogP contribution < -0.4 is 5.32 Å². The third-order valence-electron chi connectivity index (χ3n) is 2.70. The Morgan fingerprint density at radius 1 is 1.53 bits per heavy atom. The Kier molecular flexibility index (Phi) is 7.90. The first kappa shape index (κ1) is 16.3. The molecule has 4 nitrogen and oxygen atoms in total. The van der Waals surface area contributed by atoms with Crippen LogP contribution in [0.4, 0.5) is 0 Å². The topological polar surface area (TPSA) is 40.5 Å². The molecule has 0 fully saturated rings. The highest BCUT2D eigenvalue weighted by molar-refractivity contribution is 7.98. The zero-order valence-electron chi connectivity index (χ0n) is 12.3. The fourth-order valence-electron chi connectivity index (χ4n) is 1.76. The summed E-state index contributed by atoms with van der Waals surface area (Å²) in [6, 6.07) is 0. The van der Waals surface area contributed by atoms with E-state index < -0.39 is 0 Å². The molecule has 0 aromatic carbocycles. The zero-order valence-corrected chi connectivity index (χ0v) is 13.9. The molecule has 1 aromatic heterocycles. The van der Waals surface area contributed by atoms with E-state index >= 15 is 0 Å². The third-order valence-corrected chi connectivity index (χ3v) is 4.22. The van der Waals surface area contributed by atoms with Gasteiger partial charge in [-0.2, -0.15) is 11.8 Å². The van der Waals surface area contributed by atoms with E-state index in [1.165, 1.54) is 18.6 Å². The SMILES string of the molecule is CN=C(NCCCCSC)N(C)Cc1csc(C)n1. The van der Waals surface area contributed by atoms with E-state index in [0.717, 1.165) is 29.8 Å². The molecule has 6 heteroatoms. The summed E-state index contributed by atoms with van der Waals surface area (Å²) in [7, 11) is 3.87. The molecule has 0 aliphatic carbocycles. The van der Waals surface area contributed by atoms with Crippen LogP contribution in [0.5, 0.6) is 0 Å². The molecule has 1 rings (SSSR count). The summed E-state index contributed by atoms with van der Waals surface area (Å²) in [6.07, 6.45) is 4.58. The fraction of sp³-hybridized carbons (Fsp3) is 0.692. The van der Waals surface area contributed by atoms with Crippen molar-refractivity contribution in [1.82, 2.24) is 15.2 Å². The molecule has 0 aliphatic rings. The van der Waals surface area contributed by atoms with Crippen LogP contribution in [-0.4, -0.2) is 48.5 Å². The molecule has 1 aromatic rings. The molecule has 0 spiro atoms. The quantitative estimate of drug-likeness (QED) is 0.477. The minimum atomic E-state index is 0.800. The van der Waals surface area contributed by atoms with Crippen molar-refractivity contribution in [3.8, 4) is 0 Å². The highest BCUT2D eigenvalue weighted by atomic mass is 32.2. The van der Waals surface area contributed by atoms with Crippen LogP contribution in [0.15, 0.2) is 10.4 Å². The van der Waals surface area contributed by atoms with Crippen LogP contribution in [0, 0.1) is 6.92 Å². The number of rotatable bonds is 7. The number of thiazole rings is 1. The van der Waals surface area contributed by atoms with Gasteiger partial charge in [-0.1, -0.05) is 0 Å². The van der Waals surface area contributed by atoms with E-state index in [1.54, 1.807) is 11.3 Å². The summed E-state index contributed by atoms with van der Waals surface area (Å²) in [5, 5.41) is 6.62. The van der Waals surface area contributed by atoms with E-state index in [2.05, 4.69) is 31.8 Å². The van der Waals surface area contributed by atoms with Gasteiger partial charge in [0.05, 0.1) is 17.2 Å². The number of unbranched alkanes of at least 4 members (excludes halogenated alkanes) is 1.